The average Bonchev–Trinajstić information content (AvgIpc) is 2.54. The van der Waals surface area contributed by atoms with Gasteiger partial charge in [-0.3, -0.25) is 0 Å². The summed E-state index contributed by atoms with van der Waals surface area (Å²) in [4.78, 5) is 0. The first-order valence-electron chi connectivity index (χ1n) is 7.15. The zero-order valence-electron chi connectivity index (χ0n) is 13.4. The molecule has 2 rings (SSSR count). The van der Waals surface area contributed by atoms with Crippen LogP contribution in [0.3, 0.4) is 0 Å². The van der Waals surface area contributed by atoms with Crippen molar-refractivity contribution in [2.45, 2.75) is 19.7 Å². The van der Waals surface area contributed by atoms with Crippen molar-refractivity contribution in [2.24, 2.45) is 0 Å². The number of halogens is 4. The van der Waals surface area contributed by atoms with Gasteiger partial charge >= 0.3 is 6.18 Å². The highest BCUT2D eigenvalue weighted by Crippen LogP contribution is 2.37. The van der Waals surface area contributed by atoms with Crippen LogP contribution in [0.15, 0.2) is 40.9 Å². The summed E-state index contributed by atoms with van der Waals surface area (Å²) in [5, 5.41) is 3.01. The van der Waals surface area contributed by atoms with Gasteiger partial charge in [-0.2, -0.15) is 13.2 Å². The molecule has 0 aliphatic rings. The van der Waals surface area contributed by atoms with Crippen molar-refractivity contribution in [3.05, 3.63) is 57.6 Å². The summed E-state index contributed by atoms with van der Waals surface area (Å²) in [5.41, 5.74) is 0.910. The first-order chi connectivity index (χ1) is 11.7. The van der Waals surface area contributed by atoms with Crippen LogP contribution in [-0.2, 0) is 17.5 Å². The third-order valence-electron chi connectivity index (χ3n) is 3.35. The number of hydrogen-bond acceptors (Lipinski definition) is 3. The number of rotatable bonds is 4. The highest BCUT2D eigenvalue weighted by atomic mass is 79.9. The van der Waals surface area contributed by atoms with Crippen LogP contribution in [0.25, 0.3) is 0 Å². The minimum Gasteiger partial charge on any atom is -0.488 e. The van der Waals surface area contributed by atoms with E-state index in [1.807, 2.05) is 0 Å². The molecule has 0 unspecified atom stereocenters. The van der Waals surface area contributed by atoms with E-state index in [1.54, 1.807) is 31.2 Å². The van der Waals surface area contributed by atoms with Crippen LogP contribution in [0.1, 0.15) is 16.7 Å². The van der Waals surface area contributed by atoms with Crippen LogP contribution in [0.2, 0.25) is 0 Å². The smallest absolute Gasteiger partial charge is 0.419 e. The number of nitrogens with one attached hydrogen (secondary N) is 1. The van der Waals surface area contributed by atoms with Crippen molar-refractivity contribution in [3.8, 4) is 5.75 Å². The predicted molar refractivity (Wildman–Crippen MR) is 97.9 cm³/mol. The standard InChI is InChI=1S/C17H15BrF3NO2S/c1-10-6-7-15(12(8-10)17(19,20)21)24-9-11-13(18)4-3-5-14(11)22-16(25)23-2/h3-8H,9H2,1-2H3,(H,22,25). The van der Waals surface area contributed by atoms with Gasteiger partial charge in [0.1, 0.15) is 12.4 Å². The molecule has 0 aromatic heterocycles. The van der Waals surface area contributed by atoms with Gasteiger partial charge in [0, 0.05) is 15.7 Å². The Balaban J connectivity index is 2.29. The molecule has 0 saturated carbocycles. The summed E-state index contributed by atoms with van der Waals surface area (Å²) in [5.74, 6) is -0.228. The molecule has 0 atom stereocenters. The maximum atomic E-state index is 13.2. The minimum atomic E-state index is -4.49. The van der Waals surface area contributed by atoms with Gasteiger partial charge in [0.15, 0.2) is 0 Å². The second kappa shape index (κ2) is 8.05. The molecule has 134 valence electrons. The van der Waals surface area contributed by atoms with E-state index >= 15 is 0 Å². The molecule has 0 spiro atoms. The molecule has 0 bridgehead atoms. The van der Waals surface area contributed by atoms with Gasteiger partial charge in [-0.15, -0.1) is 0 Å². The van der Waals surface area contributed by atoms with Crippen molar-refractivity contribution in [1.82, 2.24) is 0 Å². The molecule has 1 N–H and O–H groups in total. The van der Waals surface area contributed by atoms with Crippen LogP contribution in [0.5, 0.6) is 5.75 Å². The van der Waals surface area contributed by atoms with Gasteiger partial charge in [-0.05, 0) is 43.4 Å². The lowest BCUT2D eigenvalue weighted by atomic mass is 10.1. The van der Waals surface area contributed by atoms with Crippen LogP contribution in [0, 0.1) is 6.92 Å². The molecule has 3 nitrogen and oxygen atoms in total. The van der Waals surface area contributed by atoms with E-state index in [4.69, 9.17) is 21.7 Å². The van der Waals surface area contributed by atoms with Gasteiger partial charge in [-0.25, -0.2) is 0 Å². The van der Waals surface area contributed by atoms with E-state index in [-0.39, 0.29) is 17.5 Å². The van der Waals surface area contributed by atoms with Gasteiger partial charge in [-0.1, -0.05) is 33.6 Å². The number of benzene rings is 2. The van der Waals surface area contributed by atoms with Crippen LogP contribution in [0.4, 0.5) is 18.9 Å². The summed E-state index contributed by atoms with van der Waals surface area (Å²) in [6, 6.07) is 9.22. The van der Waals surface area contributed by atoms with E-state index in [1.165, 1.54) is 13.2 Å². The summed E-state index contributed by atoms with van der Waals surface area (Å²) >= 11 is 8.34. The van der Waals surface area contributed by atoms with Gasteiger partial charge < -0.3 is 14.8 Å². The summed E-state index contributed by atoms with van der Waals surface area (Å²) in [6.45, 7) is 1.52. The average molecular weight is 434 g/mol. The predicted octanol–water partition coefficient (Wildman–Crippen LogP) is 5.70. The Labute approximate surface area is 157 Å². The number of anilines is 1. The fourth-order valence-corrected chi connectivity index (χ4v) is 2.72. The second-order valence-electron chi connectivity index (χ2n) is 5.17. The Hall–Kier alpha value is -1.80. The minimum absolute atomic E-state index is 0.0811. The Morgan fingerprint density at radius 2 is 1.96 bits per heavy atom. The Kier molecular flexibility index (Phi) is 6.29. The molecule has 0 aliphatic heterocycles. The van der Waals surface area contributed by atoms with Crippen molar-refractivity contribution in [2.75, 3.05) is 12.4 Å². The Morgan fingerprint density at radius 3 is 2.60 bits per heavy atom. The lowest BCUT2D eigenvalue weighted by Gasteiger charge is -2.17. The van der Waals surface area contributed by atoms with E-state index in [9.17, 15) is 13.2 Å². The highest BCUT2D eigenvalue weighted by molar-refractivity contribution is 9.10. The molecule has 0 heterocycles. The normalized spacial score (nSPS) is 11.1. The zero-order valence-corrected chi connectivity index (χ0v) is 15.8. The van der Waals surface area contributed by atoms with Crippen molar-refractivity contribution in [1.29, 1.82) is 0 Å². The molecular weight excluding hydrogens is 419 g/mol. The van der Waals surface area contributed by atoms with E-state index in [0.29, 0.717) is 21.3 Å². The number of ether oxygens (including phenoxy) is 2. The molecule has 8 heteroatoms. The van der Waals surface area contributed by atoms with Crippen LogP contribution < -0.4 is 10.1 Å². The fourth-order valence-electron chi connectivity index (χ4n) is 2.12. The van der Waals surface area contributed by atoms with E-state index in [0.717, 1.165) is 6.07 Å². The van der Waals surface area contributed by atoms with Crippen LogP contribution >= 0.6 is 28.1 Å². The monoisotopic (exact) mass is 433 g/mol. The molecular formula is C17H15BrF3NO2S. The highest BCUT2D eigenvalue weighted by Gasteiger charge is 2.34. The maximum Gasteiger partial charge on any atom is 0.419 e. The van der Waals surface area contributed by atoms with Crippen molar-refractivity contribution >= 4 is 39.0 Å². The van der Waals surface area contributed by atoms with E-state index < -0.39 is 11.7 Å². The second-order valence-corrected chi connectivity index (χ2v) is 6.39. The molecule has 0 radical (unpaired) electrons. The number of alkyl halides is 3. The molecule has 0 aliphatic carbocycles. The van der Waals surface area contributed by atoms with Crippen molar-refractivity contribution < 1.29 is 22.6 Å². The third-order valence-corrected chi connectivity index (χ3v) is 4.37. The van der Waals surface area contributed by atoms with E-state index in [2.05, 4.69) is 21.2 Å². The first kappa shape index (κ1) is 19.5. The maximum absolute atomic E-state index is 13.2. The van der Waals surface area contributed by atoms with Gasteiger partial charge in [0.25, 0.3) is 5.17 Å². The lowest BCUT2D eigenvalue weighted by molar-refractivity contribution is -0.139. The third kappa shape index (κ3) is 5.09. The number of hydrogen-bond donors (Lipinski definition) is 1. The van der Waals surface area contributed by atoms with Crippen LogP contribution in [-0.4, -0.2) is 12.3 Å². The number of methoxy groups -OCH3 is 1. The summed E-state index contributed by atoms with van der Waals surface area (Å²) in [7, 11) is 1.42. The summed E-state index contributed by atoms with van der Waals surface area (Å²) < 4.78 is 50.6. The fraction of sp³-hybridized carbons (Fsp3) is 0.235. The molecule has 0 fully saturated rings. The van der Waals surface area contributed by atoms with Gasteiger partial charge in [0.05, 0.1) is 12.7 Å². The SMILES string of the molecule is COC(=S)Nc1cccc(Br)c1COc1ccc(C)cc1C(F)(F)F. The zero-order chi connectivity index (χ0) is 18.6. The largest absolute Gasteiger partial charge is 0.488 e. The Morgan fingerprint density at radius 1 is 1.24 bits per heavy atom. The summed E-state index contributed by atoms with van der Waals surface area (Å²) in [6.07, 6.45) is -4.49. The molecule has 2 aromatic rings. The van der Waals surface area contributed by atoms with Crippen molar-refractivity contribution in [3.63, 3.8) is 0 Å². The topological polar surface area (TPSA) is 30.5 Å². The molecule has 0 saturated heterocycles. The molecule has 2 aromatic carbocycles. The number of aryl methyl sites for hydroxylation is 1. The Bertz CT molecular complexity index is 781. The molecule has 25 heavy (non-hydrogen) atoms. The lowest BCUT2D eigenvalue weighted by Crippen LogP contribution is -2.14. The molecule has 0 amide bonds. The van der Waals surface area contributed by atoms with Gasteiger partial charge in [0.2, 0.25) is 0 Å². The quantitative estimate of drug-likeness (QED) is 0.626. The first-order valence-corrected chi connectivity index (χ1v) is 8.35. The number of thiocarbonyl (C=S) groups is 1.